The van der Waals surface area contributed by atoms with Crippen LogP contribution in [0.3, 0.4) is 0 Å². The van der Waals surface area contributed by atoms with Gasteiger partial charge in [0, 0.05) is 23.8 Å². The fourth-order valence-corrected chi connectivity index (χ4v) is 1.68. The van der Waals surface area contributed by atoms with Crippen molar-refractivity contribution >= 4 is 11.6 Å². The number of aromatic nitrogens is 1. The molecule has 2 rings (SSSR count). The molecule has 1 amide bonds. The number of hydrogen-bond acceptors (Lipinski definition) is 2. The molecule has 0 aliphatic rings. The number of hydrogen-bond donors (Lipinski definition) is 2. The van der Waals surface area contributed by atoms with Crippen molar-refractivity contribution in [2.45, 2.75) is 6.42 Å². The minimum atomic E-state index is -0.362. The first-order chi connectivity index (χ1) is 7.66. The number of carbonyl (C=O) groups is 1. The Morgan fingerprint density at radius 3 is 2.56 bits per heavy atom. The molecule has 2 aromatic rings. The largest absolute Gasteiger partial charge is 0.399 e. The van der Waals surface area contributed by atoms with Crippen LogP contribution in [0, 0.1) is 0 Å². The number of nitrogen functional groups attached to an aromatic ring is 1. The summed E-state index contributed by atoms with van der Waals surface area (Å²) in [5.74, 6) is -0.362. The van der Waals surface area contributed by atoms with Gasteiger partial charge in [0.1, 0.15) is 0 Å². The van der Waals surface area contributed by atoms with Gasteiger partial charge in [-0.15, -0.1) is 0 Å². The van der Waals surface area contributed by atoms with E-state index in [2.05, 4.69) is 0 Å². The highest BCUT2D eigenvalue weighted by Crippen LogP contribution is 2.18. The molecule has 0 saturated heterocycles. The van der Waals surface area contributed by atoms with Crippen LogP contribution in [0.15, 0.2) is 42.7 Å². The van der Waals surface area contributed by atoms with Gasteiger partial charge < -0.3 is 16.0 Å². The smallest absolute Gasteiger partial charge is 0.221 e. The molecule has 4 nitrogen and oxygen atoms in total. The van der Waals surface area contributed by atoms with E-state index >= 15 is 0 Å². The summed E-state index contributed by atoms with van der Waals surface area (Å²) in [6, 6.07) is 9.31. The van der Waals surface area contributed by atoms with Gasteiger partial charge in [0.2, 0.25) is 5.91 Å². The lowest BCUT2D eigenvalue weighted by Crippen LogP contribution is -2.15. The Bertz CT molecular complexity index is 503. The molecule has 0 unspecified atom stereocenters. The highest BCUT2D eigenvalue weighted by atomic mass is 16.1. The minimum Gasteiger partial charge on any atom is -0.399 e. The zero-order chi connectivity index (χ0) is 11.5. The highest BCUT2D eigenvalue weighted by Gasteiger charge is 2.07. The summed E-state index contributed by atoms with van der Waals surface area (Å²) in [5, 5.41) is 0. The minimum absolute atomic E-state index is 0.193. The molecule has 1 heterocycles. The lowest BCUT2D eigenvalue weighted by Gasteiger charge is -2.10. The predicted octanol–water partition coefficient (Wildman–Crippen LogP) is 1.09. The van der Waals surface area contributed by atoms with Crippen LogP contribution in [0.5, 0.6) is 0 Å². The second-order valence-electron chi connectivity index (χ2n) is 3.62. The Hall–Kier alpha value is -2.23. The number of anilines is 1. The summed E-state index contributed by atoms with van der Waals surface area (Å²) < 4.78 is 1.93. The Balaban J connectivity index is 2.48. The van der Waals surface area contributed by atoms with Crippen molar-refractivity contribution in [1.82, 2.24) is 4.57 Å². The maximum Gasteiger partial charge on any atom is 0.221 e. The molecular weight excluding hydrogens is 202 g/mol. The third kappa shape index (κ3) is 2.06. The Labute approximate surface area is 93.5 Å². The van der Waals surface area contributed by atoms with Crippen LogP contribution in [0.1, 0.15) is 5.56 Å². The number of primary amides is 1. The maximum atomic E-state index is 11.0. The van der Waals surface area contributed by atoms with E-state index in [0.717, 1.165) is 11.3 Å². The van der Waals surface area contributed by atoms with Crippen molar-refractivity contribution in [3.05, 3.63) is 48.3 Å². The molecule has 4 heteroatoms. The van der Waals surface area contributed by atoms with Crippen LogP contribution in [-0.2, 0) is 11.2 Å². The van der Waals surface area contributed by atoms with Crippen molar-refractivity contribution in [3.63, 3.8) is 0 Å². The molecule has 0 radical (unpaired) electrons. The number of nitrogens with two attached hydrogens (primary N) is 2. The molecule has 1 aromatic carbocycles. The van der Waals surface area contributed by atoms with Crippen LogP contribution in [0.25, 0.3) is 5.69 Å². The van der Waals surface area contributed by atoms with E-state index in [4.69, 9.17) is 11.5 Å². The van der Waals surface area contributed by atoms with Crippen molar-refractivity contribution < 1.29 is 4.79 Å². The molecule has 0 spiro atoms. The number of nitrogens with zero attached hydrogens (tertiary/aromatic N) is 1. The Morgan fingerprint density at radius 2 is 1.94 bits per heavy atom. The third-order valence-electron chi connectivity index (χ3n) is 2.35. The number of carbonyl (C=O) groups excluding carboxylic acids is 1. The van der Waals surface area contributed by atoms with Gasteiger partial charge in [0.15, 0.2) is 0 Å². The summed E-state index contributed by atoms with van der Waals surface area (Å²) in [6.45, 7) is 0. The Morgan fingerprint density at radius 1 is 1.25 bits per heavy atom. The van der Waals surface area contributed by atoms with Crippen LogP contribution < -0.4 is 11.5 Å². The van der Waals surface area contributed by atoms with Crippen LogP contribution in [0.2, 0.25) is 0 Å². The molecule has 82 valence electrons. The second kappa shape index (κ2) is 4.10. The lowest BCUT2D eigenvalue weighted by atomic mass is 10.1. The highest BCUT2D eigenvalue weighted by molar-refractivity contribution is 5.78. The zero-order valence-electron chi connectivity index (χ0n) is 8.76. The normalized spacial score (nSPS) is 10.2. The first kappa shape index (κ1) is 10.3. The summed E-state index contributed by atoms with van der Waals surface area (Å²) in [4.78, 5) is 11.0. The second-order valence-corrected chi connectivity index (χ2v) is 3.62. The molecule has 0 aliphatic carbocycles. The van der Waals surface area contributed by atoms with Gasteiger partial charge in [0.25, 0.3) is 0 Å². The van der Waals surface area contributed by atoms with Crippen LogP contribution in [-0.4, -0.2) is 10.5 Å². The monoisotopic (exact) mass is 215 g/mol. The molecular formula is C12H13N3O. The van der Waals surface area contributed by atoms with Crippen LogP contribution in [0.4, 0.5) is 5.69 Å². The number of benzene rings is 1. The topological polar surface area (TPSA) is 74.0 Å². The summed E-state index contributed by atoms with van der Waals surface area (Å²) in [7, 11) is 0. The van der Waals surface area contributed by atoms with Crippen LogP contribution >= 0.6 is 0 Å². The first-order valence-electron chi connectivity index (χ1n) is 4.97. The third-order valence-corrected chi connectivity index (χ3v) is 2.35. The lowest BCUT2D eigenvalue weighted by molar-refractivity contribution is -0.117. The van der Waals surface area contributed by atoms with E-state index in [1.807, 2.05) is 35.2 Å². The van der Waals surface area contributed by atoms with Gasteiger partial charge in [-0.2, -0.15) is 0 Å². The molecule has 1 aromatic heterocycles. The molecule has 0 bridgehead atoms. The quantitative estimate of drug-likeness (QED) is 0.752. The van der Waals surface area contributed by atoms with Gasteiger partial charge in [-0.1, -0.05) is 0 Å². The maximum absolute atomic E-state index is 11.0. The molecule has 4 N–H and O–H groups in total. The molecule has 0 fully saturated rings. The molecule has 0 aliphatic heterocycles. The fourth-order valence-electron chi connectivity index (χ4n) is 1.68. The van der Waals surface area contributed by atoms with E-state index < -0.39 is 0 Å². The van der Waals surface area contributed by atoms with E-state index in [1.165, 1.54) is 0 Å². The van der Waals surface area contributed by atoms with Crippen molar-refractivity contribution in [2.24, 2.45) is 5.73 Å². The molecule has 0 saturated carbocycles. The van der Waals surface area contributed by atoms with E-state index in [0.29, 0.717) is 5.69 Å². The average molecular weight is 215 g/mol. The van der Waals surface area contributed by atoms with Gasteiger partial charge in [-0.05, 0) is 35.9 Å². The van der Waals surface area contributed by atoms with Crippen molar-refractivity contribution in [2.75, 3.05) is 5.73 Å². The van der Waals surface area contributed by atoms with E-state index in [-0.39, 0.29) is 12.3 Å². The molecule has 16 heavy (non-hydrogen) atoms. The standard InChI is InChI=1S/C12H13N3O/c13-10-3-4-11(15-5-1-2-6-15)9(7-10)8-12(14)16/h1-7H,8,13H2,(H2,14,16). The van der Waals surface area contributed by atoms with E-state index in [1.54, 1.807) is 12.1 Å². The van der Waals surface area contributed by atoms with Gasteiger partial charge in [-0.3, -0.25) is 4.79 Å². The first-order valence-corrected chi connectivity index (χ1v) is 4.97. The molecule has 0 atom stereocenters. The fraction of sp³-hybridized carbons (Fsp3) is 0.0833. The van der Waals surface area contributed by atoms with Crippen molar-refractivity contribution in [3.8, 4) is 5.69 Å². The van der Waals surface area contributed by atoms with E-state index in [9.17, 15) is 4.79 Å². The zero-order valence-corrected chi connectivity index (χ0v) is 8.76. The van der Waals surface area contributed by atoms with Crippen molar-refractivity contribution in [1.29, 1.82) is 0 Å². The van der Waals surface area contributed by atoms with Gasteiger partial charge in [0.05, 0.1) is 6.42 Å². The number of amides is 1. The summed E-state index contributed by atoms with van der Waals surface area (Å²) >= 11 is 0. The van der Waals surface area contributed by atoms with Gasteiger partial charge >= 0.3 is 0 Å². The predicted molar refractivity (Wildman–Crippen MR) is 63.1 cm³/mol. The Kier molecular flexibility index (Phi) is 2.64. The number of rotatable bonds is 3. The summed E-state index contributed by atoms with van der Waals surface area (Å²) in [5.41, 5.74) is 13.3. The average Bonchev–Trinajstić information content (AvgIpc) is 2.69. The summed E-state index contributed by atoms with van der Waals surface area (Å²) in [6.07, 6.45) is 4.02. The SMILES string of the molecule is NC(=O)Cc1cc(N)ccc1-n1cccc1. The van der Waals surface area contributed by atoms with Gasteiger partial charge in [-0.25, -0.2) is 0 Å².